The molecule has 9 heteroatoms. The van der Waals surface area contributed by atoms with Gasteiger partial charge in [0.15, 0.2) is 11.2 Å². The largest absolute Gasteiger partial charge is 0.497 e. The first-order chi connectivity index (χ1) is 17.3. The number of hydrogen-bond acceptors (Lipinski definition) is 5. The normalized spacial score (nSPS) is 15.8. The van der Waals surface area contributed by atoms with E-state index >= 15 is 0 Å². The van der Waals surface area contributed by atoms with E-state index in [0.29, 0.717) is 42.9 Å². The number of aryl methyl sites for hydroxylation is 2. The van der Waals surface area contributed by atoms with E-state index in [9.17, 15) is 14.4 Å². The molecule has 4 rings (SSSR count). The Balaban J connectivity index is 1.60. The smallest absolute Gasteiger partial charge is 0.330 e. The number of nitrogens with one attached hydrogen (secondary N) is 1. The minimum atomic E-state index is -0.433. The number of aromatic amines is 1. The van der Waals surface area contributed by atoms with Gasteiger partial charge in [-0.1, -0.05) is 39.3 Å². The molecule has 0 bridgehead atoms. The number of aromatic nitrogens is 4. The molecule has 1 aromatic carbocycles. The Morgan fingerprint density at radius 1 is 1.19 bits per heavy atom. The highest BCUT2D eigenvalue weighted by Crippen LogP contribution is 2.33. The Bertz CT molecular complexity index is 1320. The Kier molecular flexibility index (Phi) is 7.96. The van der Waals surface area contributed by atoms with E-state index in [4.69, 9.17) is 9.72 Å². The van der Waals surface area contributed by atoms with E-state index in [2.05, 4.69) is 25.8 Å². The summed E-state index contributed by atoms with van der Waals surface area (Å²) in [6, 6.07) is 7.97. The van der Waals surface area contributed by atoms with Crippen LogP contribution in [-0.2, 0) is 24.3 Å². The summed E-state index contributed by atoms with van der Waals surface area (Å²) < 4.78 is 8.73. The number of hydrogen-bond donors (Lipinski definition) is 1. The highest BCUT2D eigenvalue weighted by Gasteiger charge is 2.30. The van der Waals surface area contributed by atoms with Gasteiger partial charge < -0.3 is 14.2 Å². The SMILES string of the molecule is CCCCn1c(=O)[nH]c(=O)c2c1nc(CCC(=O)N1CCCC1c1ccc(OC)cc1)n2CC(C)C. The molecular formula is C27H37N5O4. The topological polar surface area (TPSA) is 102 Å². The first-order valence-electron chi connectivity index (χ1n) is 13.0. The zero-order chi connectivity index (χ0) is 25.8. The van der Waals surface area contributed by atoms with Gasteiger partial charge >= 0.3 is 5.69 Å². The molecule has 1 atom stereocenters. The molecule has 0 radical (unpaired) electrons. The van der Waals surface area contributed by atoms with Gasteiger partial charge in [-0.2, -0.15) is 0 Å². The van der Waals surface area contributed by atoms with Crippen LogP contribution in [0.2, 0.25) is 0 Å². The number of carbonyl (C=O) groups excluding carboxylic acids is 1. The average Bonchev–Trinajstić information content (AvgIpc) is 3.48. The summed E-state index contributed by atoms with van der Waals surface area (Å²) in [5.41, 5.74) is 1.08. The van der Waals surface area contributed by atoms with Crippen LogP contribution in [0.3, 0.4) is 0 Å². The van der Waals surface area contributed by atoms with Crippen molar-refractivity contribution >= 4 is 17.1 Å². The van der Waals surface area contributed by atoms with Gasteiger partial charge in [-0.05, 0) is 42.9 Å². The van der Waals surface area contributed by atoms with Crippen LogP contribution < -0.4 is 16.0 Å². The van der Waals surface area contributed by atoms with Gasteiger partial charge in [-0.3, -0.25) is 19.1 Å². The number of nitrogens with zero attached hydrogens (tertiary/aromatic N) is 4. The number of methoxy groups -OCH3 is 1. The lowest BCUT2D eigenvalue weighted by atomic mass is 10.0. The minimum Gasteiger partial charge on any atom is -0.497 e. The maximum atomic E-state index is 13.3. The summed E-state index contributed by atoms with van der Waals surface area (Å²) >= 11 is 0. The molecule has 9 nitrogen and oxygen atoms in total. The number of unbranched alkanes of at least 4 members (excludes halogenated alkanes) is 1. The Hall–Kier alpha value is -3.36. The Morgan fingerprint density at radius 3 is 2.61 bits per heavy atom. The Morgan fingerprint density at radius 2 is 1.94 bits per heavy atom. The fourth-order valence-electron chi connectivity index (χ4n) is 5.09. The summed E-state index contributed by atoms with van der Waals surface area (Å²) in [5, 5.41) is 0. The number of carbonyl (C=O) groups is 1. The lowest BCUT2D eigenvalue weighted by molar-refractivity contribution is -0.132. The maximum Gasteiger partial charge on any atom is 0.330 e. The monoisotopic (exact) mass is 495 g/mol. The van der Waals surface area contributed by atoms with Crippen LogP contribution in [0.15, 0.2) is 33.9 Å². The van der Waals surface area contributed by atoms with Crippen molar-refractivity contribution in [3.8, 4) is 5.75 Å². The highest BCUT2D eigenvalue weighted by molar-refractivity contribution is 5.77. The highest BCUT2D eigenvalue weighted by atomic mass is 16.5. The van der Waals surface area contributed by atoms with Crippen LogP contribution in [-0.4, -0.2) is 43.6 Å². The standard InChI is InChI=1S/C27H37N5O4/c1-5-6-15-31-25-24(26(34)29-27(31)35)32(17-18(2)3)22(28-25)13-14-23(33)30-16-7-8-21(30)19-9-11-20(36-4)12-10-19/h9-12,18,21H,5-8,13-17H2,1-4H3,(H,29,34,35). The quantitative estimate of drug-likeness (QED) is 0.463. The molecule has 2 aromatic heterocycles. The zero-order valence-corrected chi connectivity index (χ0v) is 21.7. The molecule has 1 amide bonds. The molecular weight excluding hydrogens is 458 g/mol. The molecule has 0 aliphatic carbocycles. The van der Waals surface area contributed by atoms with Gasteiger partial charge in [0.25, 0.3) is 5.56 Å². The number of imidazole rings is 1. The lowest BCUT2D eigenvalue weighted by Crippen LogP contribution is -2.31. The van der Waals surface area contributed by atoms with E-state index in [0.717, 1.165) is 43.5 Å². The van der Waals surface area contributed by atoms with Crippen LogP contribution in [0.1, 0.15) is 70.3 Å². The minimum absolute atomic E-state index is 0.0555. The van der Waals surface area contributed by atoms with Crippen LogP contribution in [0.5, 0.6) is 5.75 Å². The number of rotatable bonds is 10. The van der Waals surface area contributed by atoms with Gasteiger partial charge in [0.2, 0.25) is 5.91 Å². The fraction of sp³-hybridized carbons (Fsp3) is 0.556. The molecule has 1 fully saturated rings. The first kappa shape index (κ1) is 25.7. The molecule has 1 unspecified atom stereocenters. The second-order valence-electron chi connectivity index (χ2n) is 9.99. The number of amides is 1. The predicted molar refractivity (Wildman–Crippen MR) is 139 cm³/mol. The van der Waals surface area contributed by atoms with Gasteiger partial charge in [-0.25, -0.2) is 9.78 Å². The second kappa shape index (κ2) is 11.1. The summed E-state index contributed by atoms with van der Waals surface area (Å²) in [6.07, 6.45) is 4.34. The second-order valence-corrected chi connectivity index (χ2v) is 9.99. The maximum absolute atomic E-state index is 13.3. The Labute approximate surface area is 211 Å². The van der Waals surface area contributed by atoms with Crippen molar-refractivity contribution in [3.63, 3.8) is 0 Å². The van der Waals surface area contributed by atoms with Crippen LogP contribution in [0, 0.1) is 5.92 Å². The predicted octanol–water partition coefficient (Wildman–Crippen LogP) is 3.65. The van der Waals surface area contributed by atoms with Crippen molar-refractivity contribution in [3.05, 3.63) is 56.5 Å². The molecule has 36 heavy (non-hydrogen) atoms. The molecule has 3 aromatic rings. The van der Waals surface area contributed by atoms with Crippen LogP contribution in [0.25, 0.3) is 11.2 Å². The van der Waals surface area contributed by atoms with Crippen molar-refractivity contribution in [1.29, 1.82) is 0 Å². The molecule has 0 saturated carbocycles. The molecule has 0 spiro atoms. The molecule has 194 valence electrons. The number of fused-ring (bicyclic) bond motifs is 1. The summed E-state index contributed by atoms with van der Waals surface area (Å²) in [7, 11) is 1.64. The van der Waals surface area contributed by atoms with Crippen molar-refractivity contribution in [2.75, 3.05) is 13.7 Å². The van der Waals surface area contributed by atoms with Gasteiger partial charge in [0.05, 0.1) is 13.2 Å². The van der Waals surface area contributed by atoms with E-state index in [1.54, 1.807) is 11.7 Å². The number of ether oxygens (including phenoxy) is 1. The van der Waals surface area contributed by atoms with E-state index in [-0.39, 0.29) is 17.9 Å². The van der Waals surface area contributed by atoms with E-state index in [1.807, 2.05) is 33.7 Å². The molecule has 1 aliphatic rings. The third kappa shape index (κ3) is 5.24. The zero-order valence-electron chi connectivity index (χ0n) is 21.7. The lowest BCUT2D eigenvalue weighted by Gasteiger charge is -2.25. The number of H-pyrrole nitrogens is 1. The van der Waals surface area contributed by atoms with Crippen LogP contribution >= 0.6 is 0 Å². The summed E-state index contributed by atoms with van der Waals surface area (Å²) in [4.78, 5) is 47.9. The third-order valence-electron chi connectivity index (χ3n) is 6.88. The van der Waals surface area contributed by atoms with Gasteiger partial charge in [0, 0.05) is 32.5 Å². The summed E-state index contributed by atoms with van der Waals surface area (Å²) in [6.45, 7) is 8.02. The van der Waals surface area contributed by atoms with Crippen molar-refractivity contribution in [1.82, 2.24) is 24.0 Å². The van der Waals surface area contributed by atoms with E-state index < -0.39 is 11.2 Å². The van der Waals surface area contributed by atoms with Crippen LogP contribution in [0.4, 0.5) is 0 Å². The number of benzene rings is 1. The third-order valence-corrected chi connectivity index (χ3v) is 6.88. The van der Waals surface area contributed by atoms with Gasteiger partial charge in [-0.15, -0.1) is 0 Å². The molecule has 1 aliphatic heterocycles. The van der Waals surface area contributed by atoms with Crippen molar-refractivity contribution < 1.29 is 9.53 Å². The fourth-order valence-corrected chi connectivity index (χ4v) is 5.09. The number of likely N-dealkylation sites (tertiary alicyclic amines) is 1. The van der Waals surface area contributed by atoms with Crippen molar-refractivity contribution in [2.24, 2.45) is 5.92 Å². The van der Waals surface area contributed by atoms with E-state index in [1.165, 1.54) is 0 Å². The molecule has 3 heterocycles. The first-order valence-corrected chi connectivity index (χ1v) is 13.0. The summed E-state index contributed by atoms with van der Waals surface area (Å²) in [5.74, 6) is 1.82. The van der Waals surface area contributed by atoms with Crippen molar-refractivity contribution in [2.45, 2.75) is 78.4 Å². The van der Waals surface area contributed by atoms with Gasteiger partial charge in [0.1, 0.15) is 11.6 Å². The molecule has 1 saturated heterocycles. The molecule has 1 N–H and O–H groups in total. The average molecular weight is 496 g/mol.